The van der Waals surface area contributed by atoms with Gasteiger partial charge in [-0.3, -0.25) is 19.2 Å². The number of rotatable bonds is 9. The molecule has 1 saturated heterocycles. The van der Waals surface area contributed by atoms with Gasteiger partial charge in [-0.25, -0.2) is 10.5 Å². The van der Waals surface area contributed by atoms with Crippen molar-refractivity contribution < 1.29 is 14.4 Å². The van der Waals surface area contributed by atoms with Crippen LogP contribution < -0.4 is 16.2 Å². The molecule has 1 fully saturated rings. The number of likely N-dealkylation sites (tertiary alicyclic amines) is 1. The summed E-state index contributed by atoms with van der Waals surface area (Å²) in [6.45, 7) is 3.63. The van der Waals surface area contributed by atoms with E-state index in [0.717, 1.165) is 54.9 Å². The van der Waals surface area contributed by atoms with Gasteiger partial charge in [0.05, 0.1) is 12.5 Å². The Balaban J connectivity index is 1.44. The molecule has 0 spiro atoms. The van der Waals surface area contributed by atoms with Gasteiger partial charge in [-0.1, -0.05) is 31.2 Å². The number of nitrogens with zero attached hydrogens (tertiary/aromatic N) is 4. The third-order valence-electron chi connectivity index (χ3n) is 6.86. The van der Waals surface area contributed by atoms with Crippen LogP contribution in [0.5, 0.6) is 0 Å². The summed E-state index contributed by atoms with van der Waals surface area (Å²) in [6, 6.07) is 15.7. The quantitative estimate of drug-likeness (QED) is 0.320. The van der Waals surface area contributed by atoms with E-state index in [9.17, 15) is 14.4 Å². The minimum absolute atomic E-state index is 0.0838. The second kappa shape index (κ2) is 11.4. The summed E-state index contributed by atoms with van der Waals surface area (Å²) in [5, 5.41) is 3.40. The molecular formula is C29H30N6O4. The maximum Gasteiger partial charge on any atom is 0.280 e. The minimum atomic E-state index is -0.653. The number of carbonyl (C=O) groups is 2. The van der Waals surface area contributed by atoms with Gasteiger partial charge in [-0.15, -0.1) is 0 Å². The molecule has 1 aliphatic heterocycles. The van der Waals surface area contributed by atoms with E-state index in [1.807, 2.05) is 53.4 Å². The Morgan fingerprint density at radius 1 is 1.05 bits per heavy atom. The number of fused-ring (bicyclic) bond motifs is 1. The number of hydrogen-bond acceptors (Lipinski definition) is 7. The van der Waals surface area contributed by atoms with Gasteiger partial charge in [0.15, 0.2) is 5.65 Å². The van der Waals surface area contributed by atoms with Crippen molar-refractivity contribution in [2.24, 2.45) is 0 Å². The minimum Gasteiger partial charge on any atom is -0.342 e. The van der Waals surface area contributed by atoms with Gasteiger partial charge in [0, 0.05) is 43.3 Å². The van der Waals surface area contributed by atoms with E-state index < -0.39 is 11.3 Å². The van der Waals surface area contributed by atoms with Crippen LogP contribution >= 0.6 is 0 Å². The normalized spacial score (nSPS) is 13.2. The fourth-order valence-electron chi connectivity index (χ4n) is 4.66. The zero-order chi connectivity index (χ0) is 27.4. The average Bonchev–Trinajstić information content (AvgIpc) is 3.37. The van der Waals surface area contributed by atoms with E-state index in [1.54, 1.807) is 4.57 Å². The predicted molar refractivity (Wildman–Crippen MR) is 148 cm³/mol. The van der Waals surface area contributed by atoms with Crippen molar-refractivity contribution in [2.45, 2.75) is 32.6 Å². The van der Waals surface area contributed by atoms with E-state index in [4.69, 9.17) is 4.84 Å². The number of hydrogen-bond donors (Lipinski definition) is 2. The Bertz CT molecular complexity index is 1560. The third-order valence-corrected chi connectivity index (χ3v) is 6.86. The van der Waals surface area contributed by atoms with Crippen LogP contribution in [-0.4, -0.2) is 51.4 Å². The maximum absolute atomic E-state index is 13.2. The van der Waals surface area contributed by atoms with E-state index in [2.05, 4.69) is 27.7 Å². The zero-order valence-corrected chi connectivity index (χ0v) is 21.9. The lowest BCUT2D eigenvalue weighted by Crippen LogP contribution is -2.29. The first-order chi connectivity index (χ1) is 19.0. The lowest BCUT2D eigenvalue weighted by molar-refractivity contribution is -0.127. The number of hydroxylamine groups is 1. The zero-order valence-electron chi connectivity index (χ0n) is 21.9. The summed E-state index contributed by atoms with van der Waals surface area (Å²) >= 11 is 0. The van der Waals surface area contributed by atoms with E-state index in [-0.39, 0.29) is 16.9 Å². The Labute approximate surface area is 225 Å². The molecule has 10 nitrogen and oxygen atoms in total. The fourth-order valence-corrected chi connectivity index (χ4v) is 4.66. The summed E-state index contributed by atoms with van der Waals surface area (Å²) in [7, 11) is 1.31. The smallest absolute Gasteiger partial charge is 0.280 e. The Morgan fingerprint density at radius 2 is 1.79 bits per heavy atom. The molecule has 4 aromatic rings. The molecule has 0 bridgehead atoms. The van der Waals surface area contributed by atoms with Crippen LogP contribution in [0.15, 0.2) is 65.7 Å². The average molecular weight is 527 g/mol. The van der Waals surface area contributed by atoms with Crippen molar-refractivity contribution in [1.29, 1.82) is 0 Å². The first-order valence-corrected chi connectivity index (χ1v) is 13.0. The number of pyridine rings is 1. The number of amides is 2. The number of carbonyl (C=O) groups excluding carboxylic acids is 2. The van der Waals surface area contributed by atoms with E-state index >= 15 is 0 Å². The molecule has 3 heterocycles. The summed E-state index contributed by atoms with van der Waals surface area (Å²) in [5.74, 6) is -0.113. The topological polar surface area (TPSA) is 118 Å². The van der Waals surface area contributed by atoms with Gasteiger partial charge >= 0.3 is 0 Å². The predicted octanol–water partition coefficient (Wildman–Crippen LogP) is 3.54. The van der Waals surface area contributed by atoms with Crippen molar-refractivity contribution in [3.63, 3.8) is 0 Å². The lowest BCUT2D eigenvalue weighted by atomic mass is 10.1. The highest BCUT2D eigenvalue weighted by atomic mass is 16.6. The standard InChI is InChI=1S/C29H30N6O4/c1-3-19-8-12-22(13-9-19)35-18-24(28(38)33-39-2)26(37)23-17-30-29(32-27(23)35)31-21-10-6-20(7-11-21)14-16-34-15-4-5-25(34)36/h6-13,17-18H,3-5,14-16H2,1-2H3,(H,33,38)(H,30,31,32). The SMILES string of the molecule is CCc1ccc(-n2cc(C(=O)NOC)c(=O)c3cnc(Nc4ccc(CCN5CCCC5=O)cc4)nc32)cc1. The second-order valence-electron chi connectivity index (χ2n) is 9.38. The van der Waals surface area contributed by atoms with Crippen LogP contribution in [0.1, 0.15) is 41.3 Å². The first-order valence-electron chi connectivity index (χ1n) is 13.0. The Kier molecular flexibility index (Phi) is 7.64. The van der Waals surface area contributed by atoms with Gasteiger partial charge < -0.3 is 14.8 Å². The molecule has 5 rings (SSSR count). The van der Waals surface area contributed by atoms with Crippen molar-refractivity contribution in [1.82, 2.24) is 24.9 Å². The molecule has 39 heavy (non-hydrogen) atoms. The van der Waals surface area contributed by atoms with Crippen molar-refractivity contribution in [2.75, 3.05) is 25.5 Å². The monoisotopic (exact) mass is 526 g/mol. The number of aromatic nitrogens is 3. The Morgan fingerprint density at radius 3 is 2.46 bits per heavy atom. The summed E-state index contributed by atoms with van der Waals surface area (Å²) in [5.41, 5.74) is 5.82. The molecule has 0 saturated carbocycles. The summed E-state index contributed by atoms with van der Waals surface area (Å²) in [6.07, 6.45) is 6.16. The molecule has 2 aromatic carbocycles. The van der Waals surface area contributed by atoms with Crippen LogP contribution in [0.25, 0.3) is 16.7 Å². The van der Waals surface area contributed by atoms with Crippen LogP contribution in [0.3, 0.4) is 0 Å². The fraction of sp³-hybridized carbons (Fsp3) is 0.276. The molecule has 2 amide bonds. The van der Waals surface area contributed by atoms with Gasteiger partial charge in [-0.2, -0.15) is 4.98 Å². The van der Waals surface area contributed by atoms with Crippen LogP contribution in [0.2, 0.25) is 0 Å². The maximum atomic E-state index is 13.2. The van der Waals surface area contributed by atoms with Crippen LogP contribution in [0, 0.1) is 0 Å². The van der Waals surface area contributed by atoms with Gasteiger partial charge in [0.25, 0.3) is 5.91 Å². The number of aryl methyl sites for hydroxylation is 1. The molecule has 0 atom stereocenters. The molecule has 200 valence electrons. The number of benzene rings is 2. The Hall–Kier alpha value is -4.57. The molecule has 0 aliphatic carbocycles. The lowest BCUT2D eigenvalue weighted by Gasteiger charge is -2.15. The van der Waals surface area contributed by atoms with Crippen molar-refractivity contribution >= 4 is 34.5 Å². The molecule has 2 N–H and O–H groups in total. The molecule has 10 heteroatoms. The highest BCUT2D eigenvalue weighted by Gasteiger charge is 2.20. The summed E-state index contributed by atoms with van der Waals surface area (Å²) < 4.78 is 1.70. The van der Waals surface area contributed by atoms with Crippen LogP contribution in [0.4, 0.5) is 11.6 Å². The molecule has 0 unspecified atom stereocenters. The largest absolute Gasteiger partial charge is 0.342 e. The summed E-state index contributed by atoms with van der Waals surface area (Å²) in [4.78, 5) is 53.2. The molecular weight excluding hydrogens is 496 g/mol. The van der Waals surface area contributed by atoms with Gasteiger partial charge in [0.2, 0.25) is 17.3 Å². The van der Waals surface area contributed by atoms with E-state index in [1.165, 1.54) is 19.5 Å². The molecule has 2 aromatic heterocycles. The van der Waals surface area contributed by atoms with Crippen molar-refractivity contribution in [3.05, 3.63) is 87.8 Å². The van der Waals surface area contributed by atoms with E-state index in [0.29, 0.717) is 18.0 Å². The number of nitrogens with one attached hydrogen (secondary N) is 2. The van der Waals surface area contributed by atoms with Crippen molar-refractivity contribution in [3.8, 4) is 5.69 Å². The molecule has 0 radical (unpaired) electrons. The highest BCUT2D eigenvalue weighted by molar-refractivity contribution is 5.96. The third kappa shape index (κ3) is 5.65. The van der Waals surface area contributed by atoms with Gasteiger partial charge in [-0.05, 0) is 54.7 Å². The number of anilines is 2. The second-order valence-corrected chi connectivity index (χ2v) is 9.38. The van der Waals surface area contributed by atoms with Crippen LogP contribution in [-0.2, 0) is 22.5 Å². The molecule has 1 aliphatic rings. The highest BCUT2D eigenvalue weighted by Crippen LogP contribution is 2.21. The van der Waals surface area contributed by atoms with Gasteiger partial charge in [0.1, 0.15) is 5.56 Å². The first kappa shape index (κ1) is 26.1.